The van der Waals surface area contributed by atoms with Gasteiger partial charge in [0.25, 0.3) is 0 Å². The van der Waals surface area contributed by atoms with E-state index < -0.39 is 0 Å². The molecule has 0 aliphatic heterocycles. The Kier molecular flexibility index (Phi) is 5.49. The number of aliphatic hydroxyl groups is 1. The van der Waals surface area contributed by atoms with E-state index in [1.807, 2.05) is 38.1 Å². The molecule has 0 fully saturated rings. The Hall–Kier alpha value is -1.55. The Balaban J connectivity index is 2.33. The fourth-order valence-corrected chi connectivity index (χ4v) is 1.44. The lowest BCUT2D eigenvalue weighted by Gasteiger charge is -2.11. The molecular formula is C13H20N2O2. The maximum atomic E-state index is 11.5. The second-order valence-electron chi connectivity index (χ2n) is 4.05. The molecule has 4 nitrogen and oxygen atoms in total. The Bertz CT molecular complexity index is 366. The first-order valence-corrected chi connectivity index (χ1v) is 5.92. The maximum Gasteiger partial charge on any atom is 0.319 e. The molecule has 94 valence electrons. The topological polar surface area (TPSA) is 61.4 Å². The van der Waals surface area contributed by atoms with Gasteiger partial charge in [-0.2, -0.15) is 0 Å². The van der Waals surface area contributed by atoms with E-state index in [0.717, 1.165) is 11.3 Å². The minimum atomic E-state index is -0.339. The van der Waals surface area contributed by atoms with Gasteiger partial charge in [0.05, 0.1) is 6.10 Å². The molecule has 1 aromatic carbocycles. The average Bonchev–Trinajstić information content (AvgIpc) is 2.32. The van der Waals surface area contributed by atoms with Crippen LogP contribution in [0.1, 0.15) is 25.3 Å². The van der Waals surface area contributed by atoms with Crippen LogP contribution in [0.5, 0.6) is 0 Å². The third-order valence-corrected chi connectivity index (χ3v) is 2.63. The van der Waals surface area contributed by atoms with E-state index in [-0.39, 0.29) is 12.1 Å². The lowest BCUT2D eigenvalue weighted by molar-refractivity contribution is 0.160. The normalized spacial score (nSPS) is 11.9. The largest absolute Gasteiger partial charge is 0.393 e. The monoisotopic (exact) mass is 236 g/mol. The van der Waals surface area contributed by atoms with Gasteiger partial charge in [-0.25, -0.2) is 4.79 Å². The maximum absolute atomic E-state index is 11.5. The van der Waals surface area contributed by atoms with Crippen LogP contribution >= 0.6 is 0 Å². The van der Waals surface area contributed by atoms with Crippen LogP contribution in [0.3, 0.4) is 0 Å². The summed E-state index contributed by atoms with van der Waals surface area (Å²) < 4.78 is 0. The molecule has 0 aliphatic rings. The van der Waals surface area contributed by atoms with E-state index >= 15 is 0 Å². The third kappa shape index (κ3) is 4.87. The summed E-state index contributed by atoms with van der Waals surface area (Å²) in [5.41, 5.74) is 1.83. The number of aliphatic hydroxyl groups excluding tert-OH is 1. The molecule has 0 spiro atoms. The SMILES string of the molecule is CCC(O)CCNC(=O)Nc1ccccc1C. The quantitative estimate of drug-likeness (QED) is 0.734. The van der Waals surface area contributed by atoms with Crippen molar-refractivity contribution in [3.05, 3.63) is 29.8 Å². The van der Waals surface area contributed by atoms with Crippen molar-refractivity contribution >= 4 is 11.7 Å². The van der Waals surface area contributed by atoms with Crippen molar-refractivity contribution < 1.29 is 9.90 Å². The number of para-hydroxylation sites is 1. The standard InChI is InChI=1S/C13H20N2O2/c1-3-11(16)8-9-14-13(17)15-12-7-5-4-6-10(12)2/h4-7,11,16H,3,8-9H2,1-2H3,(H2,14,15,17). The average molecular weight is 236 g/mol. The van der Waals surface area contributed by atoms with Crippen molar-refractivity contribution in [2.24, 2.45) is 0 Å². The van der Waals surface area contributed by atoms with Crippen LogP contribution in [0.4, 0.5) is 10.5 Å². The number of hydrogen-bond donors (Lipinski definition) is 3. The van der Waals surface area contributed by atoms with E-state index in [0.29, 0.717) is 19.4 Å². The number of nitrogens with one attached hydrogen (secondary N) is 2. The fraction of sp³-hybridized carbons (Fsp3) is 0.462. The summed E-state index contributed by atoms with van der Waals surface area (Å²) in [4.78, 5) is 11.5. The van der Waals surface area contributed by atoms with Crippen molar-refractivity contribution in [3.63, 3.8) is 0 Å². The van der Waals surface area contributed by atoms with Crippen LogP contribution in [-0.2, 0) is 0 Å². The van der Waals surface area contributed by atoms with Crippen LogP contribution < -0.4 is 10.6 Å². The number of hydrogen-bond acceptors (Lipinski definition) is 2. The first kappa shape index (κ1) is 13.5. The molecular weight excluding hydrogens is 216 g/mol. The van der Waals surface area contributed by atoms with Gasteiger partial charge in [0.15, 0.2) is 0 Å². The minimum absolute atomic E-state index is 0.234. The highest BCUT2D eigenvalue weighted by Crippen LogP contribution is 2.12. The Morgan fingerprint density at radius 3 is 2.76 bits per heavy atom. The van der Waals surface area contributed by atoms with Crippen LogP contribution in [0.2, 0.25) is 0 Å². The summed E-state index contributed by atoms with van der Waals surface area (Å²) >= 11 is 0. The molecule has 4 heteroatoms. The third-order valence-electron chi connectivity index (χ3n) is 2.63. The van der Waals surface area contributed by atoms with E-state index in [2.05, 4.69) is 10.6 Å². The molecule has 2 amide bonds. The molecule has 0 aliphatic carbocycles. The Morgan fingerprint density at radius 2 is 2.12 bits per heavy atom. The molecule has 1 aromatic rings. The zero-order chi connectivity index (χ0) is 12.7. The Labute approximate surface area is 102 Å². The summed E-state index contributed by atoms with van der Waals surface area (Å²) in [7, 11) is 0. The van der Waals surface area contributed by atoms with Crippen LogP contribution in [0.25, 0.3) is 0 Å². The number of rotatable bonds is 5. The van der Waals surface area contributed by atoms with Crippen molar-refractivity contribution in [1.29, 1.82) is 0 Å². The molecule has 1 atom stereocenters. The summed E-state index contributed by atoms with van der Waals surface area (Å²) in [6.07, 6.45) is 0.951. The second kappa shape index (κ2) is 6.91. The van der Waals surface area contributed by atoms with Gasteiger partial charge in [0.1, 0.15) is 0 Å². The van der Waals surface area contributed by atoms with Gasteiger partial charge in [0, 0.05) is 12.2 Å². The lowest BCUT2D eigenvalue weighted by atomic mass is 10.2. The number of carbonyl (C=O) groups excluding carboxylic acids is 1. The summed E-state index contributed by atoms with van der Waals surface area (Å²) in [5.74, 6) is 0. The molecule has 0 bridgehead atoms. The van der Waals surface area contributed by atoms with E-state index in [1.54, 1.807) is 0 Å². The number of urea groups is 1. The number of aryl methyl sites for hydroxylation is 1. The molecule has 3 N–H and O–H groups in total. The lowest BCUT2D eigenvalue weighted by Crippen LogP contribution is -2.31. The van der Waals surface area contributed by atoms with Crippen molar-refractivity contribution in [1.82, 2.24) is 5.32 Å². The summed E-state index contributed by atoms with van der Waals surface area (Å²) in [6, 6.07) is 7.37. The van der Waals surface area contributed by atoms with Crippen LogP contribution in [-0.4, -0.2) is 23.8 Å². The molecule has 1 rings (SSSR count). The van der Waals surface area contributed by atoms with E-state index in [4.69, 9.17) is 0 Å². The molecule has 0 radical (unpaired) electrons. The summed E-state index contributed by atoms with van der Waals surface area (Å²) in [5, 5.41) is 14.8. The second-order valence-corrected chi connectivity index (χ2v) is 4.05. The van der Waals surface area contributed by atoms with Crippen LogP contribution in [0, 0.1) is 6.92 Å². The molecule has 0 aromatic heterocycles. The number of carbonyl (C=O) groups is 1. The van der Waals surface area contributed by atoms with Gasteiger partial charge in [-0.1, -0.05) is 25.1 Å². The highest BCUT2D eigenvalue weighted by molar-refractivity contribution is 5.89. The first-order chi connectivity index (χ1) is 8.13. The smallest absolute Gasteiger partial charge is 0.319 e. The van der Waals surface area contributed by atoms with Gasteiger partial charge in [-0.3, -0.25) is 0 Å². The minimum Gasteiger partial charge on any atom is -0.393 e. The van der Waals surface area contributed by atoms with Crippen LogP contribution in [0.15, 0.2) is 24.3 Å². The van der Waals surface area contributed by atoms with E-state index in [9.17, 15) is 9.90 Å². The summed E-state index contributed by atoms with van der Waals surface area (Å²) in [6.45, 7) is 4.33. The molecule has 17 heavy (non-hydrogen) atoms. The van der Waals surface area contributed by atoms with E-state index in [1.165, 1.54) is 0 Å². The number of benzene rings is 1. The zero-order valence-electron chi connectivity index (χ0n) is 10.4. The van der Waals surface area contributed by atoms with Gasteiger partial charge in [0.2, 0.25) is 0 Å². The molecule has 0 saturated heterocycles. The molecule has 0 saturated carbocycles. The van der Waals surface area contributed by atoms with Crippen molar-refractivity contribution in [3.8, 4) is 0 Å². The highest BCUT2D eigenvalue weighted by atomic mass is 16.3. The van der Waals surface area contributed by atoms with Crippen molar-refractivity contribution in [2.75, 3.05) is 11.9 Å². The van der Waals surface area contributed by atoms with Gasteiger partial charge in [-0.05, 0) is 31.4 Å². The first-order valence-electron chi connectivity index (χ1n) is 5.92. The fourth-order valence-electron chi connectivity index (χ4n) is 1.44. The molecule has 0 heterocycles. The van der Waals surface area contributed by atoms with Crippen molar-refractivity contribution in [2.45, 2.75) is 32.8 Å². The predicted molar refractivity (Wildman–Crippen MR) is 69.1 cm³/mol. The Morgan fingerprint density at radius 1 is 1.41 bits per heavy atom. The predicted octanol–water partition coefficient (Wildman–Crippen LogP) is 2.28. The highest BCUT2D eigenvalue weighted by Gasteiger charge is 2.04. The number of anilines is 1. The zero-order valence-corrected chi connectivity index (χ0v) is 10.4. The van der Waals surface area contributed by atoms with Gasteiger partial charge >= 0.3 is 6.03 Å². The molecule has 1 unspecified atom stereocenters. The number of amides is 2. The van der Waals surface area contributed by atoms with Gasteiger partial charge in [-0.15, -0.1) is 0 Å². The van der Waals surface area contributed by atoms with Gasteiger partial charge < -0.3 is 15.7 Å².